The quantitative estimate of drug-likeness (QED) is 0.305. The monoisotopic (exact) mass is 512 g/mol. The van der Waals surface area contributed by atoms with E-state index in [4.69, 9.17) is 0 Å². The number of rotatable bonds is 0. The van der Waals surface area contributed by atoms with Crippen LogP contribution in [0, 0.1) is 6.92 Å². The molecule has 0 saturated carbocycles. The van der Waals surface area contributed by atoms with Crippen LogP contribution >= 0.6 is 0 Å². The van der Waals surface area contributed by atoms with Gasteiger partial charge in [-0.2, -0.15) is 6.07 Å². The van der Waals surface area contributed by atoms with Gasteiger partial charge in [0.1, 0.15) is 8.07 Å². The zero-order valence-corrected chi connectivity index (χ0v) is 21.9. The summed E-state index contributed by atoms with van der Waals surface area (Å²) in [7, 11) is -1.13. The van der Waals surface area contributed by atoms with Gasteiger partial charge >= 0.3 is 26.2 Å². The molecule has 0 unspecified atom stereocenters. The van der Waals surface area contributed by atoms with Crippen LogP contribution in [0.5, 0.6) is 0 Å². The molecule has 5 heteroatoms. The van der Waals surface area contributed by atoms with Crippen molar-refractivity contribution < 1.29 is 51.0 Å². The fourth-order valence-corrected chi connectivity index (χ4v) is 8.84. The minimum Gasteiger partial charge on any atom is -1.00 e. The summed E-state index contributed by atoms with van der Waals surface area (Å²) in [6, 6.07) is 17.4. The number of fused-ring (bicyclic) bond motifs is 3. The molecule has 7 rings (SSSR count). The Kier molecular flexibility index (Phi) is 7.12. The normalized spacial score (nSPS) is 16.9. The maximum absolute atomic E-state index is 4.42. The Balaban J connectivity index is 0.000000189. The zero-order chi connectivity index (χ0) is 18.1. The van der Waals surface area contributed by atoms with Gasteiger partial charge in [-0.15, -0.1) is 28.5 Å². The first kappa shape index (κ1) is 24.2. The molecule has 0 atom stereocenters. The Labute approximate surface area is 205 Å². The first-order valence-electron chi connectivity index (χ1n) is 9.25. The molecule has 0 fully saturated rings. The van der Waals surface area contributed by atoms with Crippen LogP contribution in [-0.4, -0.2) is 14.3 Å². The fourth-order valence-electron chi connectivity index (χ4n) is 4.99. The molecule has 3 aromatic carbocycles. The van der Waals surface area contributed by atoms with Crippen LogP contribution in [0.25, 0.3) is 21.5 Å². The third kappa shape index (κ3) is 3.51. The molecule has 3 heterocycles. The van der Waals surface area contributed by atoms with Crippen molar-refractivity contribution >= 4 is 35.8 Å². The maximum Gasteiger partial charge on any atom is 3.00 e. The molecule has 1 radical (unpaired) electrons. The molecule has 3 aliphatic heterocycles. The van der Waals surface area contributed by atoms with E-state index in [-0.39, 0.29) is 51.0 Å². The Morgan fingerprint density at radius 1 is 0.897 bits per heavy atom. The van der Waals surface area contributed by atoms with Crippen molar-refractivity contribution in [1.82, 2.24) is 0 Å². The molecule has 0 N–H and O–H groups in total. The first-order chi connectivity index (χ1) is 12.5. The summed E-state index contributed by atoms with van der Waals surface area (Å²) < 4.78 is 0. The van der Waals surface area contributed by atoms with Crippen LogP contribution in [0.15, 0.2) is 86.8 Å². The van der Waals surface area contributed by atoms with Crippen molar-refractivity contribution in [1.29, 1.82) is 0 Å². The fraction of sp³-hybridized carbons (Fsp3) is 0.167. The van der Waals surface area contributed by atoms with Crippen LogP contribution in [-0.2, 0) is 26.2 Å². The Morgan fingerprint density at radius 3 is 2.31 bits per heavy atom. The predicted octanol–water partition coefficient (Wildman–Crippen LogP) is 0.408. The average Bonchev–Trinajstić information content (AvgIpc) is 3.31. The number of hydrogen-bond donors (Lipinski definition) is 0. The summed E-state index contributed by atoms with van der Waals surface area (Å²) in [5.41, 5.74) is 5.62. The van der Waals surface area contributed by atoms with Crippen molar-refractivity contribution in [2.24, 2.45) is 4.99 Å². The number of halogens is 2. The second-order valence-corrected chi connectivity index (χ2v) is 12.3. The number of benzene rings is 2. The van der Waals surface area contributed by atoms with E-state index in [9.17, 15) is 0 Å². The molecular formula is C24H22Cl2NSiZr. The summed E-state index contributed by atoms with van der Waals surface area (Å²) in [4.78, 5) is 4.42. The summed E-state index contributed by atoms with van der Waals surface area (Å²) >= 11 is 0. The summed E-state index contributed by atoms with van der Waals surface area (Å²) in [6.45, 7) is 9.23. The second kappa shape index (κ2) is 8.55. The van der Waals surface area contributed by atoms with Crippen LogP contribution in [0.3, 0.4) is 0 Å². The number of nitrogens with zero attached hydrogens (tertiary/aromatic N) is 1. The van der Waals surface area contributed by atoms with Crippen LogP contribution < -0.4 is 24.8 Å². The molecule has 3 aromatic rings. The van der Waals surface area contributed by atoms with Crippen LogP contribution in [0.2, 0.25) is 13.1 Å². The van der Waals surface area contributed by atoms with Gasteiger partial charge in [0.15, 0.2) is 0 Å². The van der Waals surface area contributed by atoms with Crippen LogP contribution in [0.1, 0.15) is 12.5 Å². The summed E-state index contributed by atoms with van der Waals surface area (Å²) in [5, 5.41) is 8.67. The van der Waals surface area contributed by atoms with E-state index in [1.165, 1.54) is 44.0 Å². The molecule has 1 nitrogen and oxygen atoms in total. The largest absolute Gasteiger partial charge is 3.00 e. The van der Waals surface area contributed by atoms with Crippen molar-refractivity contribution in [2.75, 3.05) is 0 Å². The van der Waals surface area contributed by atoms with E-state index in [0.717, 1.165) is 0 Å². The van der Waals surface area contributed by atoms with E-state index in [1.807, 2.05) is 6.21 Å². The second-order valence-electron chi connectivity index (χ2n) is 8.03. The molecule has 0 amide bonds. The Hall–Kier alpha value is -1.12. The maximum atomic E-state index is 4.42. The van der Waals surface area contributed by atoms with Gasteiger partial charge in [0.2, 0.25) is 0 Å². The topological polar surface area (TPSA) is 12.4 Å². The van der Waals surface area contributed by atoms with E-state index in [1.54, 1.807) is 10.4 Å². The molecule has 0 saturated heterocycles. The van der Waals surface area contributed by atoms with E-state index < -0.39 is 8.07 Å². The predicted molar refractivity (Wildman–Crippen MR) is 116 cm³/mol. The SMILES string of the molecule is CC1=C2C3=CC=NC3=C1[Si]2(C)C.Cc1cc2c(ccc3ccccc32)[cH-]1.[Cl-].[Cl-].[Zr+3]. The number of hydrogen-bond acceptors (Lipinski definition) is 1. The van der Waals surface area contributed by atoms with Gasteiger partial charge in [-0.1, -0.05) is 55.7 Å². The van der Waals surface area contributed by atoms with Gasteiger partial charge in [0.05, 0.1) is 5.70 Å². The van der Waals surface area contributed by atoms with Gasteiger partial charge in [0.25, 0.3) is 0 Å². The van der Waals surface area contributed by atoms with Crippen molar-refractivity contribution in [3.63, 3.8) is 0 Å². The molecule has 145 valence electrons. The van der Waals surface area contributed by atoms with Crippen molar-refractivity contribution in [3.05, 3.63) is 87.4 Å². The molecular weight excluding hydrogens is 492 g/mol. The standard InChI is InChI=1S/C14H11.C10H11NSi.2ClH.Zr/c1-10-8-12-7-6-11-4-2-3-5-13(11)14(12)9-10;1-6-9-7-4-5-11-8(7)10(6)12(9,2)3;;;/h2-9H,1H3;4-5H,1-3H3;2*1H;/q-1;;;;+3/p-2. The smallest absolute Gasteiger partial charge is 1.00 e. The molecule has 0 aromatic heterocycles. The number of aliphatic imine (C=N–C) groups is 1. The summed E-state index contributed by atoms with van der Waals surface area (Å²) in [6.07, 6.45) is 4.10. The Bertz CT molecular complexity index is 1230. The van der Waals surface area contributed by atoms with Gasteiger partial charge < -0.3 is 24.8 Å². The van der Waals surface area contributed by atoms with Gasteiger partial charge in [-0.3, -0.25) is 4.99 Å². The van der Waals surface area contributed by atoms with Crippen LogP contribution in [0.4, 0.5) is 0 Å². The third-order valence-corrected chi connectivity index (χ3v) is 9.72. The molecule has 2 bridgehead atoms. The molecule has 0 spiro atoms. The van der Waals surface area contributed by atoms with E-state index in [2.05, 4.69) is 86.5 Å². The minimum absolute atomic E-state index is 0. The summed E-state index contributed by atoms with van der Waals surface area (Å²) in [5.74, 6) is 0. The van der Waals surface area contributed by atoms with Crippen molar-refractivity contribution in [3.8, 4) is 0 Å². The molecule has 4 aliphatic rings. The average molecular weight is 515 g/mol. The number of allylic oxidation sites excluding steroid dienone is 4. The van der Waals surface area contributed by atoms with E-state index in [0.29, 0.717) is 0 Å². The van der Waals surface area contributed by atoms with Gasteiger partial charge in [-0.05, 0) is 34.4 Å². The van der Waals surface area contributed by atoms with Crippen molar-refractivity contribution in [2.45, 2.75) is 26.9 Å². The first-order valence-corrected chi connectivity index (χ1v) is 12.2. The van der Waals surface area contributed by atoms with E-state index >= 15 is 0 Å². The zero-order valence-electron chi connectivity index (χ0n) is 17.0. The number of aryl methyl sites for hydroxylation is 1. The third-order valence-electron chi connectivity index (χ3n) is 5.97. The minimum atomic E-state index is -1.13. The molecule has 1 aliphatic carbocycles. The molecule has 29 heavy (non-hydrogen) atoms. The van der Waals surface area contributed by atoms with Gasteiger partial charge in [-0.25, -0.2) is 0 Å². The van der Waals surface area contributed by atoms with Gasteiger partial charge in [0, 0.05) is 11.8 Å². The Morgan fingerprint density at radius 2 is 1.62 bits per heavy atom.